The number of amides is 1. The van der Waals surface area contributed by atoms with Crippen molar-refractivity contribution < 1.29 is 9.53 Å². The van der Waals surface area contributed by atoms with Crippen molar-refractivity contribution >= 4 is 16.9 Å². The molecular formula is C26H33N3O2. The van der Waals surface area contributed by atoms with Crippen LogP contribution in [0, 0.1) is 19.8 Å². The monoisotopic (exact) mass is 419 g/mol. The smallest absolute Gasteiger partial charge is 0.223 e. The van der Waals surface area contributed by atoms with E-state index in [9.17, 15) is 4.79 Å². The van der Waals surface area contributed by atoms with E-state index in [1.165, 1.54) is 17.5 Å². The van der Waals surface area contributed by atoms with Crippen LogP contribution in [0.4, 0.5) is 0 Å². The predicted molar refractivity (Wildman–Crippen MR) is 124 cm³/mol. The molecule has 4 rings (SSSR count). The highest BCUT2D eigenvalue weighted by atomic mass is 16.5. The number of carbonyl (C=O) groups is 1. The second kappa shape index (κ2) is 9.54. The molecule has 0 saturated heterocycles. The molecule has 164 valence electrons. The minimum atomic E-state index is -0.150. The second-order valence-electron chi connectivity index (χ2n) is 8.85. The van der Waals surface area contributed by atoms with Crippen molar-refractivity contribution in [3.05, 3.63) is 59.4 Å². The number of benzene rings is 2. The van der Waals surface area contributed by atoms with Crippen LogP contribution in [0.25, 0.3) is 11.0 Å². The van der Waals surface area contributed by atoms with E-state index in [1.807, 2.05) is 25.1 Å². The van der Waals surface area contributed by atoms with E-state index < -0.39 is 0 Å². The Labute approximate surface area is 184 Å². The highest BCUT2D eigenvalue weighted by molar-refractivity contribution is 5.80. The van der Waals surface area contributed by atoms with E-state index in [1.54, 1.807) is 0 Å². The maximum Gasteiger partial charge on any atom is 0.223 e. The summed E-state index contributed by atoms with van der Waals surface area (Å²) in [5, 5.41) is 3.23. The molecule has 1 amide bonds. The van der Waals surface area contributed by atoms with Gasteiger partial charge in [0.05, 0.1) is 23.6 Å². The van der Waals surface area contributed by atoms with Crippen LogP contribution in [0.2, 0.25) is 0 Å². The van der Waals surface area contributed by atoms with Crippen molar-refractivity contribution in [3.8, 4) is 5.75 Å². The Hall–Kier alpha value is -2.82. The molecule has 0 aliphatic heterocycles. The first-order valence-corrected chi connectivity index (χ1v) is 11.5. The fourth-order valence-corrected chi connectivity index (χ4v) is 4.69. The lowest BCUT2D eigenvalue weighted by atomic mass is 9.88. The first-order chi connectivity index (χ1) is 15.0. The van der Waals surface area contributed by atoms with Crippen LogP contribution in [0.3, 0.4) is 0 Å². The van der Waals surface area contributed by atoms with Gasteiger partial charge in [0.15, 0.2) is 0 Å². The topological polar surface area (TPSA) is 56.1 Å². The van der Waals surface area contributed by atoms with Gasteiger partial charge in [-0.25, -0.2) is 4.98 Å². The third-order valence-electron chi connectivity index (χ3n) is 6.18. The zero-order valence-corrected chi connectivity index (χ0v) is 18.9. The summed E-state index contributed by atoms with van der Waals surface area (Å²) in [6.45, 7) is 7.41. The summed E-state index contributed by atoms with van der Waals surface area (Å²) in [5.74, 6) is 2.08. The first-order valence-electron chi connectivity index (χ1n) is 11.5. The number of hydrogen-bond donors (Lipinski definition) is 1. The van der Waals surface area contributed by atoms with E-state index in [0.717, 1.165) is 48.3 Å². The van der Waals surface area contributed by atoms with Crippen molar-refractivity contribution in [1.29, 1.82) is 0 Å². The average Bonchev–Trinajstić information content (AvgIpc) is 3.12. The minimum absolute atomic E-state index is 0.141. The van der Waals surface area contributed by atoms with Gasteiger partial charge < -0.3 is 14.6 Å². The average molecular weight is 420 g/mol. The van der Waals surface area contributed by atoms with Gasteiger partial charge >= 0.3 is 0 Å². The normalized spacial score (nSPS) is 15.7. The molecule has 3 aromatic rings. The molecular weight excluding hydrogens is 386 g/mol. The van der Waals surface area contributed by atoms with Crippen LogP contribution in [0.1, 0.15) is 62.0 Å². The van der Waals surface area contributed by atoms with E-state index in [-0.39, 0.29) is 17.9 Å². The number of ether oxygens (including phenoxy) is 1. The third-order valence-corrected chi connectivity index (χ3v) is 6.18. The van der Waals surface area contributed by atoms with Gasteiger partial charge in [-0.3, -0.25) is 4.79 Å². The van der Waals surface area contributed by atoms with Crippen molar-refractivity contribution in [2.75, 3.05) is 6.61 Å². The number of para-hydroxylation sites is 2. The zero-order chi connectivity index (χ0) is 21.8. The van der Waals surface area contributed by atoms with Gasteiger partial charge in [0.1, 0.15) is 18.2 Å². The summed E-state index contributed by atoms with van der Waals surface area (Å²) in [6.07, 6.45) is 5.55. The Morgan fingerprint density at radius 3 is 2.58 bits per heavy atom. The molecule has 0 radical (unpaired) electrons. The molecule has 2 aromatic carbocycles. The van der Waals surface area contributed by atoms with Crippen LogP contribution in [-0.4, -0.2) is 22.1 Å². The van der Waals surface area contributed by atoms with Crippen molar-refractivity contribution in [3.63, 3.8) is 0 Å². The molecule has 0 bridgehead atoms. The largest absolute Gasteiger partial charge is 0.492 e. The van der Waals surface area contributed by atoms with E-state index in [4.69, 9.17) is 9.72 Å². The molecule has 1 aromatic heterocycles. The number of carbonyl (C=O) groups excluding carboxylic acids is 1. The Morgan fingerprint density at radius 2 is 1.84 bits per heavy atom. The standard InChI is InChI=1S/C26H33N3O2/c1-18-15-19(2)17-22(16-18)31-14-13-29-24-12-8-7-11-23(24)28-25(29)20(3)27-26(30)21-9-5-4-6-10-21/h7-8,11-12,15-17,20-21H,4-6,9-10,13-14H2,1-3H3,(H,27,30). The minimum Gasteiger partial charge on any atom is -0.492 e. The lowest BCUT2D eigenvalue weighted by Crippen LogP contribution is -2.35. The van der Waals surface area contributed by atoms with E-state index in [2.05, 4.69) is 48.0 Å². The molecule has 1 aliphatic carbocycles. The number of nitrogens with one attached hydrogen (secondary N) is 1. The van der Waals surface area contributed by atoms with E-state index >= 15 is 0 Å². The van der Waals surface area contributed by atoms with Gasteiger partial charge in [0.2, 0.25) is 5.91 Å². The summed E-state index contributed by atoms with van der Waals surface area (Å²) in [4.78, 5) is 17.7. The van der Waals surface area contributed by atoms with Crippen molar-refractivity contribution in [2.24, 2.45) is 5.92 Å². The summed E-state index contributed by atoms with van der Waals surface area (Å²) in [7, 11) is 0. The predicted octanol–water partition coefficient (Wildman–Crippen LogP) is 5.49. The molecule has 1 saturated carbocycles. The quantitative estimate of drug-likeness (QED) is 0.551. The van der Waals surface area contributed by atoms with Gasteiger partial charge in [-0.2, -0.15) is 0 Å². The van der Waals surface area contributed by atoms with Crippen molar-refractivity contribution in [1.82, 2.24) is 14.9 Å². The number of aryl methyl sites for hydroxylation is 2. The van der Waals surface area contributed by atoms with Gasteiger partial charge in [-0.05, 0) is 69.0 Å². The van der Waals surface area contributed by atoms with Crippen LogP contribution < -0.4 is 10.1 Å². The molecule has 1 fully saturated rings. The summed E-state index contributed by atoms with van der Waals surface area (Å²) < 4.78 is 8.25. The number of imidazole rings is 1. The highest BCUT2D eigenvalue weighted by Crippen LogP contribution is 2.26. The summed E-state index contributed by atoms with van der Waals surface area (Å²) in [6, 6.07) is 14.3. The number of rotatable bonds is 7. The molecule has 0 spiro atoms. The lowest BCUT2D eigenvalue weighted by Gasteiger charge is -2.23. The maximum absolute atomic E-state index is 12.8. The molecule has 1 heterocycles. The number of fused-ring (bicyclic) bond motifs is 1. The Morgan fingerprint density at radius 1 is 1.13 bits per heavy atom. The Kier molecular flexibility index (Phi) is 6.59. The summed E-state index contributed by atoms with van der Waals surface area (Å²) >= 11 is 0. The SMILES string of the molecule is Cc1cc(C)cc(OCCn2c(C(C)NC(=O)C3CCCCC3)nc3ccccc32)c1. The summed E-state index contributed by atoms with van der Waals surface area (Å²) in [5.41, 5.74) is 4.41. The van der Waals surface area contributed by atoms with Gasteiger partial charge in [-0.15, -0.1) is 0 Å². The molecule has 5 heteroatoms. The maximum atomic E-state index is 12.8. The lowest BCUT2D eigenvalue weighted by molar-refractivity contribution is -0.126. The van der Waals surface area contributed by atoms with Crippen LogP contribution in [0.5, 0.6) is 5.75 Å². The molecule has 5 nitrogen and oxygen atoms in total. The fourth-order valence-electron chi connectivity index (χ4n) is 4.69. The van der Waals surface area contributed by atoms with Gasteiger partial charge in [0, 0.05) is 5.92 Å². The van der Waals surface area contributed by atoms with Crippen LogP contribution >= 0.6 is 0 Å². The number of nitrogens with zero attached hydrogens (tertiary/aromatic N) is 2. The van der Waals surface area contributed by atoms with E-state index in [0.29, 0.717) is 13.2 Å². The Balaban J connectivity index is 1.50. The number of aromatic nitrogens is 2. The zero-order valence-electron chi connectivity index (χ0n) is 18.9. The van der Waals surface area contributed by atoms with Gasteiger partial charge in [0.25, 0.3) is 0 Å². The fraction of sp³-hybridized carbons (Fsp3) is 0.462. The van der Waals surface area contributed by atoms with Crippen LogP contribution in [-0.2, 0) is 11.3 Å². The Bertz CT molecular complexity index is 1030. The van der Waals surface area contributed by atoms with Crippen LogP contribution in [0.15, 0.2) is 42.5 Å². The second-order valence-corrected chi connectivity index (χ2v) is 8.85. The molecule has 1 unspecified atom stereocenters. The molecule has 1 N–H and O–H groups in total. The first kappa shape index (κ1) is 21.4. The van der Waals surface area contributed by atoms with Crippen molar-refractivity contribution in [2.45, 2.75) is 65.5 Å². The third kappa shape index (κ3) is 5.09. The number of hydrogen-bond acceptors (Lipinski definition) is 3. The molecule has 1 aliphatic rings. The highest BCUT2D eigenvalue weighted by Gasteiger charge is 2.24. The molecule has 1 atom stereocenters. The molecule has 31 heavy (non-hydrogen) atoms. The van der Waals surface area contributed by atoms with Gasteiger partial charge in [-0.1, -0.05) is 37.5 Å².